The van der Waals surface area contributed by atoms with E-state index >= 15 is 0 Å². The average Bonchev–Trinajstić information content (AvgIpc) is 2.80. The highest BCUT2D eigenvalue weighted by Gasteiger charge is 2.45. The van der Waals surface area contributed by atoms with E-state index in [2.05, 4.69) is 4.74 Å². The number of amides is 2. The molecular formula is C17H15NO4. The van der Waals surface area contributed by atoms with Gasteiger partial charge in [0.15, 0.2) is 0 Å². The van der Waals surface area contributed by atoms with Crippen molar-refractivity contribution in [3.8, 4) is 0 Å². The van der Waals surface area contributed by atoms with E-state index in [0.717, 1.165) is 5.56 Å². The summed E-state index contributed by atoms with van der Waals surface area (Å²) in [5.41, 5.74) is 1.23. The van der Waals surface area contributed by atoms with Crippen LogP contribution >= 0.6 is 0 Å². The predicted octanol–water partition coefficient (Wildman–Crippen LogP) is 1.70. The lowest BCUT2D eigenvalue weighted by Gasteiger charge is -2.14. The van der Waals surface area contributed by atoms with Gasteiger partial charge in [-0.2, -0.15) is 0 Å². The molecule has 0 saturated carbocycles. The molecule has 5 nitrogen and oxygen atoms in total. The van der Waals surface area contributed by atoms with Crippen molar-refractivity contribution < 1.29 is 19.1 Å². The fraction of sp³-hybridized carbons (Fsp3) is 0.235. The Morgan fingerprint density at radius 2 is 1.59 bits per heavy atom. The Morgan fingerprint density at radius 1 is 1.05 bits per heavy atom. The summed E-state index contributed by atoms with van der Waals surface area (Å²) in [5.74, 6) is -1.53. The Hall–Kier alpha value is -2.69. The SMILES string of the molecule is COC(=O)c1ccc(CN2C(=O)C3C=CC=CC3C2=O)cc1. The number of allylic oxidation sites excluding steroid dienone is 2. The average molecular weight is 297 g/mol. The minimum Gasteiger partial charge on any atom is -0.465 e. The molecule has 3 rings (SSSR count). The first kappa shape index (κ1) is 14.3. The van der Waals surface area contributed by atoms with Crippen LogP contribution in [0.1, 0.15) is 15.9 Å². The topological polar surface area (TPSA) is 63.7 Å². The quantitative estimate of drug-likeness (QED) is 0.629. The third kappa shape index (κ3) is 2.35. The molecular weight excluding hydrogens is 282 g/mol. The molecule has 1 aromatic rings. The monoisotopic (exact) mass is 297 g/mol. The molecule has 2 aliphatic rings. The van der Waals surface area contributed by atoms with Crippen molar-refractivity contribution in [2.75, 3.05) is 7.11 Å². The minimum absolute atomic E-state index is 0.173. The number of fused-ring (bicyclic) bond motifs is 1. The molecule has 0 spiro atoms. The van der Waals surface area contributed by atoms with Gasteiger partial charge in [-0.25, -0.2) is 4.79 Å². The van der Waals surface area contributed by atoms with Gasteiger partial charge in [0.05, 0.1) is 31.1 Å². The van der Waals surface area contributed by atoms with Crippen molar-refractivity contribution in [3.05, 3.63) is 59.7 Å². The summed E-state index contributed by atoms with van der Waals surface area (Å²) in [6.45, 7) is 0.216. The zero-order chi connectivity index (χ0) is 15.7. The number of methoxy groups -OCH3 is 1. The normalized spacial score (nSPS) is 22.9. The molecule has 1 fully saturated rings. The first-order valence-corrected chi connectivity index (χ1v) is 6.99. The first-order valence-electron chi connectivity index (χ1n) is 6.99. The van der Waals surface area contributed by atoms with Crippen LogP contribution in [0.3, 0.4) is 0 Å². The lowest BCUT2D eigenvalue weighted by Crippen LogP contribution is -2.30. The van der Waals surface area contributed by atoms with E-state index in [4.69, 9.17) is 0 Å². The second-order valence-corrected chi connectivity index (χ2v) is 5.27. The molecule has 5 heteroatoms. The number of nitrogens with zero attached hydrogens (tertiary/aromatic N) is 1. The van der Waals surface area contributed by atoms with E-state index in [1.807, 2.05) is 0 Å². The standard InChI is InChI=1S/C17H15NO4/c1-22-17(21)12-8-6-11(7-9-12)10-18-15(19)13-4-2-3-5-14(13)16(18)20/h2-9,13-14H,10H2,1H3. The van der Waals surface area contributed by atoms with Gasteiger partial charge in [-0.05, 0) is 17.7 Å². The molecule has 22 heavy (non-hydrogen) atoms. The highest BCUT2D eigenvalue weighted by Crippen LogP contribution is 2.32. The molecule has 1 heterocycles. The maximum Gasteiger partial charge on any atom is 0.337 e. The van der Waals surface area contributed by atoms with Crippen molar-refractivity contribution >= 4 is 17.8 Å². The van der Waals surface area contributed by atoms with Gasteiger partial charge in [-0.1, -0.05) is 36.4 Å². The Bertz CT molecular complexity index is 657. The molecule has 0 bridgehead atoms. The number of carbonyl (C=O) groups excluding carboxylic acids is 3. The van der Waals surface area contributed by atoms with Gasteiger partial charge < -0.3 is 4.74 Å². The molecule has 1 aliphatic heterocycles. The van der Waals surface area contributed by atoms with E-state index in [-0.39, 0.29) is 30.2 Å². The summed E-state index contributed by atoms with van der Waals surface area (Å²) in [6, 6.07) is 6.69. The number of ether oxygens (including phenoxy) is 1. The number of carbonyl (C=O) groups is 3. The van der Waals surface area contributed by atoms with Gasteiger partial charge in [0.1, 0.15) is 0 Å². The van der Waals surface area contributed by atoms with E-state index in [1.165, 1.54) is 12.0 Å². The largest absolute Gasteiger partial charge is 0.465 e. The minimum atomic E-state index is -0.416. The van der Waals surface area contributed by atoms with Gasteiger partial charge in [-0.15, -0.1) is 0 Å². The number of benzene rings is 1. The van der Waals surface area contributed by atoms with Crippen molar-refractivity contribution in [1.82, 2.24) is 4.90 Å². The van der Waals surface area contributed by atoms with Crippen LogP contribution < -0.4 is 0 Å². The second-order valence-electron chi connectivity index (χ2n) is 5.27. The van der Waals surface area contributed by atoms with E-state index < -0.39 is 5.97 Å². The molecule has 0 radical (unpaired) electrons. The molecule has 1 aromatic carbocycles. The number of likely N-dealkylation sites (tertiary alicyclic amines) is 1. The third-order valence-corrected chi connectivity index (χ3v) is 3.95. The summed E-state index contributed by atoms with van der Waals surface area (Å²) < 4.78 is 4.64. The smallest absolute Gasteiger partial charge is 0.337 e. The van der Waals surface area contributed by atoms with Crippen LogP contribution in [0.4, 0.5) is 0 Å². The van der Waals surface area contributed by atoms with Gasteiger partial charge in [0.2, 0.25) is 11.8 Å². The molecule has 112 valence electrons. The first-order chi connectivity index (χ1) is 10.6. The van der Waals surface area contributed by atoms with Crippen molar-refractivity contribution in [2.45, 2.75) is 6.54 Å². The zero-order valence-corrected chi connectivity index (χ0v) is 12.1. The van der Waals surface area contributed by atoms with Crippen molar-refractivity contribution in [3.63, 3.8) is 0 Å². The Labute approximate surface area is 127 Å². The van der Waals surface area contributed by atoms with Crippen LogP contribution in [0.25, 0.3) is 0 Å². The fourth-order valence-electron chi connectivity index (χ4n) is 2.75. The number of rotatable bonds is 3. The maximum absolute atomic E-state index is 12.3. The molecule has 1 saturated heterocycles. The molecule has 1 aliphatic carbocycles. The van der Waals surface area contributed by atoms with Crippen LogP contribution in [-0.2, 0) is 20.9 Å². The molecule has 0 aromatic heterocycles. The predicted molar refractivity (Wildman–Crippen MR) is 78.6 cm³/mol. The maximum atomic E-state index is 12.3. The summed E-state index contributed by atoms with van der Waals surface area (Å²) >= 11 is 0. The lowest BCUT2D eigenvalue weighted by molar-refractivity contribution is -0.140. The third-order valence-electron chi connectivity index (χ3n) is 3.95. The Kier molecular flexibility index (Phi) is 3.63. The number of hydrogen-bond acceptors (Lipinski definition) is 4. The summed E-state index contributed by atoms with van der Waals surface area (Å²) in [6.07, 6.45) is 7.12. The van der Waals surface area contributed by atoms with Crippen LogP contribution in [-0.4, -0.2) is 29.8 Å². The van der Waals surface area contributed by atoms with Gasteiger partial charge in [0.25, 0.3) is 0 Å². The van der Waals surface area contributed by atoms with Crippen LogP contribution in [0.5, 0.6) is 0 Å². The highest BCUT2D eigenvalue weighted by atomic mass is 16.5. The van der Waals surface area contributed by atoms with Crippen LogP contribution in [0, 0.1) is 11.8 Å². The van der Waals surface area contributed by atoms with Crippen LogP contribution in [0.15, 0.2) is 48.6 Å². The van der Waals surface area contributed by atoms with Gasteiger partial charge in [0, 0.05) is 0 Å². The summed E-state index contributed by atoms with van der Waals surface area (Å²) in [7, 11) is 1.32. The van der Waals surface area contributed by atoms with E-state index in [9.17, 15) is 14.4 Å². The fourth-order valence-corrected chi connectivity index (χ4v) is 2.75. The molecule has 2 atom stereocenters. The molecule has 2 amide bonds. The Morgan fingerprint density at radius 3 is 2.09 bits per heavy atom. The van der Waals surface area contributed by atoms with Crippen LogP contribution in [0.2, 0.25) is 0 Å². The number of esters is 1. The number of hydrogen-bond donors (Lipinski definition) is 0. The Balaban J connectivity index is 1.77. The van der Waals surface area contributed by atoms with Gasteiger partial charge >= 0.3 is 5.97 Å². The second kappa shape index (κ2) is 5.60. The van der Waals surface area contributed by atoms with Crippen molar-refractivity contribution in [1.29, 1.82) is 0 Å². The molecule has 0 N–H and O–H groups in total. The summed E-state index contributed by atoms with van der Waals surface area (Å²) in [5, 5.41) is 0. The highest BCUT2D eigenvalue weighted by molar-refractivity contribution is 6.07. The zero-order valence-electron chi connectivity index (χ0n) is 12.1. The van der Waals surface area contributed by atoms with E-state index in [1.54, 1.807) is 48.6 Å². The molecule has 2 unspecified atom stereocenters. The van der Waals surface area contributed by atoms with E-state index in [0.29, 0.717) is 5.56 Å². The lowest BCUT2D eigenvalue weighted by atomic mass is 9.91. The number of imide groups is 1. The summed E-state index contributed by atoms with van der Waals surface area (Å²) in [4.78, 5) is 37.3. The van der Waals surface area contributed by atoms with Crippen molar-refractivity contribution in [2.24, 2.45) is 11.8 Å². The van der Waals surface area contributed by atoms with Gasteiger partial charge in [-0.3, -0.25) is 14.5 Å².